The topological polar surface area (TPSA) is 85.5 Å². The molecule has 0 radical (unpaired) electrons. The van der Waals surface area contributed by atoms with Gasteiger partial charge in [0.25, 0.3) is 0 Å². The van der Waals surface area contributed by atoms with E-state index in [2.05, 4.69) is 30.2 Å². The zero-order chi connectivity index (χ0) is 23.5. The lowest BCUT2D eigenvalue weighted by Crippen LogP contribution is -2.48. The Morgan fingerprint density at radius 3 is 2.73 bits per heavy atom. The van der Waals surface area contributed by atoms with Gasteiger partial charge < -0.3 is 9.64 Å². The van der Waals surface area contributed by atoms with Crippen molar-refractivity contribution in [1.29, 1.82) is 0 Å². The van der Waals surface area contributed by atoms with Crippen LogP contribution in [-0.2, 0) is 17.8 Å². The normalized spacial score (nSPS) is 13.4. The van der Waals surface area contributed by atoms with Crippen molar-refractivity contribution in [2.75, 3.05) is 24.6 Å². The van der Waals surface area contributed by atoms with Gasteiger partial charge >= 0.3 is 12.1 Å². The molecule has 0 saturated heterocycles. The predicted octanol–water partition coefficient (Wildman–Crippen LogP) is 4.28. The maximum atomic E-state index is 13.0. The van der Waals surface area contributed by atoms with Crippen LogP contribution in [0.3, 0.4) is 0 Å². The first-order chi connectivity index (χ1) is 16.0. The second-order valence-corrected chi connectivity index (χ2v) is 8.10. The summed E-state index contributed by atoms with van der Waals surface area (Å²) in [6, 6.07) is 8.16. The van der Waals surface area contributed by atoms with Gasteiger partial charge in [-0.2, -0.15) is 5.10 Å². The molecule has 3 aromatic rings. The molecule has 1 aliphatic heterocycles. The molecule has 2 aromatic heterocycles. The highest BCUT2D eigenvalue weighted by Crippen LogP contribution is 2.33. The summed E-state index contributed by atoms with van der Waals surface area (Å²) >= 11 is 0. The van der Waals surface area contributed by atoms with E-state index in [0.717, 1.165) is 12.0 Å². The summed E-state index contributed by atoms with van der Waals surface area (Å²) in [5.41, 5.74) is 3.67. The Morgan fingerprint density at radius 1 is 1.21 bits per heavy atom. The summed E-state index contributed by atoms with van der Waals surface area (Å²) in [6.07, 6.45) is 3.88. The number of imidazole rings is 1. The summed E-state index contributed by atoms with van der Waals surface area (Å²) < 4.78 is 8.67. The minimum atomic E-state index is -0.505. The van der Waals surface area contributed by atoms with Crippen molar-refractivity contribution in [1.82, 2.24) is 24.2 Å². The van der Waals surface area contributed by atoms with Crippen molar-refractivity contribution < 1.29 is 14.3 Å². The molecule has 1 aliphatic rings. The number of urea groups is 1. The molecule has 3 heterocycles. The van der Waals surface area contributed by atoms with Crippen molar-refractivity contribution >= 4 is 17.9 Å². The van der Waals surface area contributed by atoms with Gasteiger partial charge in [0.15, 0.2) is 11.6 Å². The van der Waals surface area contributed by atoms with E-state index in [-0.39, 0.29) is 12.6 Å². The van der Waals surface area contributed by atoms with Gasteiger partial charge in [0, 0.05) is 19.3 Å². The Labute approximate surface area is 193 Å². The second kappa shape index (κ2) is 9.48. The van der Waals surface area contributed by atoms with E-state index in [1.165, 1.54) is 10.1 Å². The summed E-state index contributed by atoms with van der Waals surface area (Å²) in [5.74, 6) is 0.933. The molecule has 0 spiro atoms. The van der Waals surface area contributed by atoms with Gasteiger partial charge in [-0.1, -0.05) is 36.8 Å². The number of aromatic nitrogens is 4. The Balaban J connectivity index is 1.76. The first kappa shape index (κ1) is 22.6. The molecule has 0 bridgehead atoms. The van der Waals surface area contributed by atoms with Gasteiger partial charge in [0.2, 0.25) is 0 Å². The lowest BCUT2D eigenvalue weighted by atomic mass is 10.1. The number of rotatable bonds is 7. The highest BCUT2D eigenvalue weighted by molar-refractivity contribution is 5.95. The summed E-state index contributed by atoms with van der Waals surface area (Å²) in [4.78, 5) is 34.1. The molecule has 4 rings (SSSR count). The van der Waals surface area contributed by atoms with Crippen LogP contribution in [-0.4, -0.2) is 56.1 Å². The van der Waals surface area contributed by atoms with Crippen LogP contribution in [0.15, 0.2) is 36.7 Å². The van der Waals surface area contributed by atoms with E-state index >= 15 is 0 Å². The zero-order valence-electron chi connectivity index (χ0n) is 19.6. The number of hydrogen-bond donors (Lipinski definition) is 0. The third kappa shape index (κ3) is 4.35. The van der Waals surface area contributed by atoms with Gasteiger partial charge in [0.05, 0.1) is 37.2 Å². The van der Waals surface area contributed by atoms with Crippen LogP contribution in [0.2, 0.25) is 0 Å². The Bertz CT molecular complexity index is 1160. The quantitative estimate of drug-likeness (QED) is 0.536. The van der Waals surface area contributed by atoms with Crippen molar-refractivity contribution in [2.24, 2.45) is 0 Å². The van der Waals surface area contributed by atoms with E-state index in [0.29, 0.717) is 49.1 Å². The van der Waals surface area contributed by atoms with Crippen LogP contribution >= 0.6 is 0 Å². The number of hydrogen-bond acceptors (Lipinski definition) is 5. The number of carbonyl (C=O) groups is 2. The maximum Gasteiger partial charge on any atom is 0.420 e. The molecule has 9 heteroatoms. The lowest BCUT2D eigenvalue weighted by Gasteiger charge is -2.34. The number of benzene rings is 1. The Morgan fingerprint density at radius 2 is 2.03 bits per heavy atom. The number of fused-ring (bicyclic) bond motifs is 1. The number of nitrogens with zero attached hydrogens (tertiary/aromatic N) is 6. The largest absolute Gasteiger partial charge is 0.449 e. The monoisotopic (exact) mass is 450 g/mol. The van der Waals surface area contributed by atoms with Crippen molar-refractivity contribution in [3.63, 3.8) is 0 Å². The molecule has 0 N–H and O–H groups in total. The van der Waals surface area contributed by atoms with E-state index < -0.39 is 6.09 Å². The van der Waals surface area contributed by atoms with Crippen LogP contribution in [0, 0.1) is 6.92 Å². The molecule has 9 nitrogen and oxygen atoms in total. The number of aryl methyl sites for hydroxylation is 1. The fourth-order valence-corrected chi connectivity index (χ4v) is 4.18. The highest BCUT2D eigenvalue weighted by atomic mass is 16.5. The van der Waals surface area contributed by atoms with Crippen molar-refractivity contribution in [3.8, 4) is 11.4 Å². The van der Waals surface area contributed by atoms with E-state index in [4.69, 9.17) is 9.72 Å². The SMILES string of the molecule is CCCN1Cc2c(nc(-c3cnn(Cc4cccc(C)c4)c3)n2C(=O)OCC)N(CC)C1=O. The minimum absolute atomic E-state index is 0.0953. The van der Waals surface area contributed by atoms with Gasteiger partial charge in [-0.15, -0.1) is 0 Å². The van der Waals surface area contributed by atoms with Gasteiger partial charge in [-0.25, -0.2) is 19.1 Å². The molecule has 33 heavy (non-hydrogen) atoms. The minimum Gasteiger partial charge on any atom is -0.449 e. The molecule has 0 saturated carbocycles. The van der Waals surface area contributed by atoms with Crippen LogP contribution in [0.4, 0.5) is 15.4 Å². The average Bonchev–Trinajstić information content (AvgIpc) is 3.39. The number of anilines is 1. The fraction of sp³-hybridized carbons (Fsp3) is 0.417. The molecule has 0 aliphatic carbocycles. The van der Waals surface area contributed by atoms with E-state index in [1.54, 1.807) is 22.9 Å². The van der Waals surface area contributed by atoms with Crippen LogP contribution in [0.1, 0.15) is 44.0 Å². The van der Waals surface area contributed by atoms with Gasteiger partial charge in [-0.05, 0) is 32.8 Å². The first-order valence-corrected chi connectivity index (χ1v) is 11.4. The molecule has 1 aromatic carbocycles. The van der Waals surface area contributed by atoms with Crippen molar-refractivity contribution in [2.45, 2.75) is 47.2 Å². The van der Waals surface area contributed by atoms with Gasteiger partial charge in [-0.3, -0.25) is 9.58 Å². The highest BCUT2D eigenvalue weighted by Gasteiger charge is 2.36. The molecule has 174 valence electrons. The smallest absolute Gasteiger partial charge is 0.420 e. The molecule has 0 atom stereocenters. The van der Waals surface area contributed by atoms with Crippen LogP contribution < -0.4 is 4.90 Å². The first-order valence-electron chi connectivity index (χ1n) is 11.4. The zero-order valence-corrected chi connectivity index (χ0v) is 19.6. The molecular weight excluding hydrogens is 420 g/mol. The standard InChI is InChI=1S/C24H30N6O3/c1-5-11-27-16-20-22(29(6-2)23(27)31)26-21(30(20)24(32)33-7-3)19-13-25-28(15-19)14-18-10-8-9-17(4)12-18/h8-10,12-13,15H,5-7,11,14,16H2,1-4H3. The lowest BCUT2D eigenvalue weighted by molar-refractivity contribution is 0.151. The molecule has 2 amide bonds. The van der Waals surface area contributed by atoms with Crippen LogP contribution in [0.5, 0.6) is 0 Å². The summed E-state index contributed by atoms with van der Waals surface area (Å²) in [6.45, 7) is 9.97. The summed E-state index contributed by atoms with van der Waals surface area (Å²) in [7, 11) is 0. The Kier molecular flexibility index (Phi) is 6.48. The maximum absolute atomic E-state index is 13.0. The molecule has 0 fully saturated rings. The van der Waals surface area contributed by atoms with Crippen LogP contribution in [0.25, 0.3) is 11.4 Å². The third-order valence-corrected chi connectivity index (χ3v) is 5.63. The molecular formula is C24H30N6O3. The number of ether oxygens (including phenoxy) is 1. The number of amides is 2. The van der Waals surface area contributed by atoms with E-state index in [1.807, 2.05) is 30.8 Å². The average molecular weight is 451 g/mol. The number of carbonyl (C=O) groups excluding carboxylic acids is 2. The van der Waals surface area contributed by atoms with Gasteiger partial charge in [0.1, 0.15) is 0 Å². The summed E-state index contributed by atoms with van der Waals surface area (Å²) in [5, 5.41) is 4.49. The van der Waals surface area contributed by atoms with E-state index in [9.17, 15) is 9.59 Å². The fourth-order valence-electron chi connectivity index (χ4n) is 4.18. The molecule has 0 unspecified atom stereocenters. The van der Waals surface area contributed by atoms with Crippen molar-refractivity contribution in [3.05, 3.63) is 53.5 Å². The predicted molar refractivity (Wildman–Crippen MR) is 125 cm³/mol. The third-order valence-electron chi connectivity index (χ3n) is 5.63. The Hall–Kier alpha value is -3.62. The second-order valence-electron chi connectivity index (χ2n) is 8.10.